The van der Waals surface area contributed by atoms with E-state index < -0.39 is 11.7 Å². The van der Waals surface area contributed by atoms with E-state index in [0.29, 0.717) is 159 Å². The average molecular weight is 660 g/mol. The Bertz CT molecular complexity index is 597. The van der Waals surface area contributed by atoms with Crippen molar-refractivity contribution in [1.82, 2.24) is 5.32 Å². The summed E-state index contributed by atoms with van der Waals surface area (Å²) >= 11 is 0. The van der Waals surface area contributed by atoms with E-state index in [-0.39, 0.29) is 0 Å². The summed E-state index contributed by atoms with van der Waals surface area (Å²) in [6.45, 7) is 17.4. The molecule has 0 aliphatic carbocycles. The van der Waals surface area contributed by atoms with Crippen molar-refractivity contribution in [3.63, 3.8) is 0 Å². The molecular formula is C30H61NO14. The van der Waals surface area contributed by atoms with Gasteiger partial charge in [0.25, 0.3) is 0 Å². The number of carbonyl (C=O) groups is 1. The Kier molecular flexibility index (Phi) is 34.7. The van der Waals surface area contributed by atoms with E-state index in [1.807, 2.05) is 20.8 Å². The third kappa shape index (κ3) is 40.8. The van der Waals surface area contributed by atoms with E-state index in [4.69, 9.17) is 61.6 Å². The molecule has 1 N–H and O–H groups in total. The van der Waals surface area contributed by atoms with Crippen molar-refractivity contribution in [3.05, 3.63) is 0 Å². The molecule has 45 heavy (non-hydrogen) atoms. The van der Waals surface area contributed by atoms with Gasteiger partial charge in [-0.05, 0) is 20.8 Å². The van der Waals surface area contributed by atoms with Crippen molar-refractivity contribution in [2.24, 2.45) is 0 Å². The lowest BCUT2D eigenvalue weighted by molar-refractivity contribution is -0.0280. The summed E-state index contributed by atoms with van der Waals surface area (Å²) in [5, 5.41) is 2.63. The van der Waals surface area contributed by atoms with Gasteiger partial charge in [0.05, 0.1) is 152 Å². The van der Waals surface area contributed by atoms with Crippen molar-refractivity contribution >= 4 is 6.09 Å². The first-order valence-corrected chi connectivity index (χ1v) is 15.8. The van der Waals surface area contributed by atoms with Crippen molar-refractivity contribution in [2.75, 3.05) is 166 Å². The lowest BCUT2D eigenvalue weighted by Gasteiger charge is -2.19. The first kappa shape index (κ1) is 43.8. The second-order valence-corrected chi connectivity index (χ2v) is 10.2. The minimum absolute atomic E-state index is 0.383. The van der Waals surface area contributed by atoms with E-state index >= 15 is 0 Å². The van der Waals surface area contributed by atoms with Gasteiger partial charge in [0.2, 0.25) is 0 Å². The number of amides is 1. The van der Waals surface area contributed by atoms with Gasteiger partial charge in [-0.3, -0.25) is 0 Å². The summed E-state index contributed by atoms with van der Waals surface area (Å²) in [5.74, 6) is 0. The number of ether oxygens (including phenoxy) is 13. The Hall–Kier alpha value is -1.21. The van der Waals surface area contributed by atoms with Gasteiger partial charge in [-0.2, -0.15) is 0 Å². The van der Waals surface area contributed by atoms with Crippen molar-refractivity contribution in [1.29, 1.82) is 0 Å². The third-order valence-electron chi connectivity index (χ3n) is 5.07. The summed E-state index contributed by atoms with van der Waals surface area (Å²) < 4.78 is 69.7. The van der Waals surface area contributed by atoms with Crippen LogP contribution in [0, 0.1) is 0 Å². The predicted octanol–water partition coefficient (Wildman–Crippen LogP) is 1.34. The normalized spacial score (nSPS) is 11.7. The Labute approximate surface area is 270 Å². The molecule has 15 heteroatoms. The van der Waals surface area contributed by atoms with E-state index in [1.165, 1.54) is 0 Å². The first-order chi connectivity index (χ1) is 22.0. The zero-order valence-electron chi connectivity index (χ0n) is 28.2. The van der Waals surface area contributed by atoms with Gasteiger partial charge in [-0.15, -0.1) is 0 Å². The van der Waals surface area contributed by atoms with Crippen LogP contribution in [-0.2, 0) is 61.6 Å². The molecule has 0 bridgehead atoms. The summed E-state index contributed by atoms with van der Waals surface area (Å²) in [7, 11) is 1.64. The van der Waals surface area contributed by atoms with Crippen LogP contribution in [-0.4, -0.2) is 177 Å². The lowest BCUT2D eigenvalue weighted by atomic mass is 10.2. The predicted molar refractivity (Wildman–Crippen MR) is 165 cm³/mol. The van der Waals surface area contributed by atoms with Crippen LogP contribution in [0.25, 0.3) is 0 Å². The van der Waals surface area contributed by atoms with Crippen LogP contribution in [0.4, 0.5) is 4.79 Å². The highest BCUT2D eigenvalue weighted by Crippen LogP contribution is 2.06. The molecule has 0 aromatic heterocycles. The Morgan fingerprint density at radius 2 is 0.622 bits per heavy atom. The number of carbonyl (C=O) groups excluding carboxylic acids is 1. The van der Waals surface area contributed by atoms with E-state index in [2.05, 4.69) is 5.32 Å². The number of alkyl carbamates (subject to hydrolysis) is 1. The molecule has 0 heterocycles. The van der Waals surface area contributed by atoms with E-state index in [0.717, 1.165) is 0 Å². The SMILES string of the molecule is COCCOCCOCCOCCOCCOCCOCCOCCOCCOCCOCCOCCNC(=O)OC(C)(C)C. The molecule has 270 valence electrons. The summed E-state index contributed by atoms with van der Waals surface area (Å²) in [4.78, 5) is 11.5. The Morgan fingerprint density at radius 3 is 0.844 bits per heavy atom. The van der Waals surface area contributed by atoms with Crippen LogP contribution >= 0.6 is 0 Å². The Morgan fingerprint density at radius 1 is 0.400 bits per heavy atom. The zero-order chi connectivity index (χ0) is 32.9. The molecule has 0 aromatic rings. The van der Waals surface area contributed by atoms with Crippen LogP contribution in [0.3, 0.4) is 0 Å². The fraction of sp³-hybridized carbons (Fsp3) is 0.967. The molecule has 0 aliphatic heterocycles. The van der Waals surface area contributed by atoms with Gasteiger partial charge < -0.3 is 66.9 Å². The summed E-state index contributed by atoms with van der Waals surface area (Å²) in [5.41, 5.74) is -0.511. The monoisotopic (exact) mass is 659 g/mol. The van der Waals surface area contributed by atoms with Crippen molar-refractivity contribution in [3.8, 4) is 0 Å². The molecule has 0 spiro atoms. The van der Waals surface area contributed by atoms with Crippen LogP contribution in [0.1, 0.15) is 20.8 Å². The molecule has 0 radical (unpaired) electrons. The van der Waals surface area contributed by atoms with Crippen LogP contribution in [0.5, 0.6) is 0 Å². The van der Waals surface area contributed by atoms with Gasteiger partial charge in [-0.1, -0.05) is 0 Å². The molecule has 0 fully saturated rings. The smallest absolute Gasteiger partial charge is 0.407 e. The van der Waals surface area contributed by atoms with Crippen molar-refractivity contribution < 1.29 is 66.4 Å². The van der Waals surface area contributed by atoms with Gasteiger partial charge in [-0.25, -0.2) is 4.79 Å². The standard InChI is InChI=1S/C30H61NO14/c1-30(2,3)45-29(32)31-5-6-34-9-10-36-13-14-38-17-18-40-21-22-42-25-26-44-28-27-43-24-23-41-20-19-39-16-15-37-12-11-35-8-7-33-4/h5-28H2,1-4H3,(H,31,32). The van der Waals surface area contributed by atoms with Gasteiger partial charge in [0.15, 0.2) is 0 Å². The number of rotatable bonds is 36. The maximum Gasteiger partial charge on any atom is 0.407 e. The molecule has 0 aromatic carbocycles. The minimum Gasteiger partial charge on any atom is -0.444 e. The van der Waals surface area contributed by atoms with Crippen LogP contribution in [0.2, 0.25) is 0 Å². The molecule has 0 rings (SSSR count). The van der Waals surface area contributed by atoms with Crippen molar-refractivity contribution in [2.45, 2.75) is 26.4 Å². The lowest BCUT2D eigenvalue weighted by Crippen LogP contribution is -2.34. The molecule has 0 atom stereocenters. The fourth-order valence-electron chi connectivity index (χ4n) is 2.98. The highest BCUT2D eigenvalue weighted by Gasteiger charge is 2.15. The second kappa shape index (κ2) is 35.6. The Balaban J connectivity index is 3.09. The average Bonchev–Trinajstić information content (AvgIpc) is 3.00. The first-order valence-electron chi connectivity index (χ1n) is 15.8. The maximum absolute atomic E-state index is 11.5. The van der Waals surface area contributed by atoms with Gasteiger partial charge in [0.1, 0.15) is 5.60 Å². The molecule has 0 saturated heterocycles. The van der Waals surface area contributed by atoms with Gasteiger partial charge in [0, 0.05) is 13.7 Å². The highest BCUT2D eigenvalue weighted by atomic mass is 16.6. The fourth-order valence-corrected chi connectivity index (χ4v) is 2.98. The summed E-state index contributed by atoms with van der Waals surface area (Å²) in [6, 6.07) is 0. The minimum atomic E-state index is -0.511. The largest absolute Gasteiger partial charge is 0.444 e. The number of methoxy groups -OCH3 is 1. The van der Waals surface area contributed by atoms with E-state index in [9.17, 15) is 4.79 Å². The molecule has 0 saturated carbocycles. The maximum atomic E-state index is 11.5. The highest BCUT2D eigenvalue weighted by molar-refractivity contribution is 5.67. The number of hydrogen-bond donors (Lipinski definition) is 1. The topological polar surface area (TPSA) is 149 Å². The second-order valence-electron chi connectivity index (χ2n) is 10.2. The molecular weight excluding hydrogens is 598 g/mol. The van der Waals surface area contributed by atoms with Crippen LogP contribution in [0.15, 0.2) is 0 Å². The third-order valence-corrected chi connectivity index (χ3v) is 5.07. The van der Waals surface area contributed by atoms with Gasteiger partial charge >= 0.3 is 6.09 Å². The zero-order valence-corrected chi connectivity index (χ0v) is 28.2. The number of hydrogen-bond acceptors (Lipinski definition) is 14. The molecule has 15 nitrogen and oxygen atoms in total. The quantitative estimate of drug-likeness (QED) is 0.0964. The van der Waals surface area contributed by atoms with E-state index in [1.54, 1.807) is 7.11 Å². The molecule has 0 aliphatic rings. The summed E-state index contributed by atoms with van der Waals surface area (Å²) in [6.07, 6.45) is -0.452. The number of nitrogens with one attached hydrogen (secondary N) is 1. The molecule has 1 amide bonds. The molecule has 0 unspecified atom stereocenters. The van der Waals surface area contributed by atoms with Crippen LogP contribution < -0.4 is 5.32 Å².